The summed E-state index contributed by atoms with van der Waals surface area (Å²) in [6, 6.07) is 10.3. The lowest BCUT2D eigenvalue weighted by atomic mass is 9.86. The maximum absolute atomic E-state index is 14.5. The Labute approximate surface area is 188 Å². The van der Waals surface area contributed by atoms with E-state index in [1.54, 1.807) is 23.1 Å². The fourth-order valence-electron chi connectivity index (χ4n) is 4.14. The lowest BCUT2D eigenvalue weighted by Gasteiger charge is -2.37. The molecule has 1 amide bonds. The normalized spacial score (nSPS) is 14.7. The van der Waals surface area contributed by atoms with Crippen LogP contribution < -0.4 is 4.90 Å². The van der Waals surface area contributed by atoms with Crippen LogP contribution in [-0.2, 0) is 11.8 Å². The zero-order valence-electron chi connectivity index (χ0n) is 19.1. The Morgan fingerprint density at radius 3 is 2.41 bits per heavy atom. The first-order valence-corrected chi connectivity index (χ1v) is 10.9. The Kier molecular flexibility index (Phi) is 6.00. The molecule has 1 aliphatic rings. The average molecular weight is 437 g/mol. The van der Waals surface area contributed by atoms with Gasteiger partial charge in [-0.05, 0) is 30.7 Å². The van der Waals surface area contributed by atoms with Crippen molar-refractivity contribution in [3.05, 3.63) is 76.9 Å². The van der Waals surface area contributed by atoms with Crippen molar-refractivity contribution in [3.8, 4) is 0 Å². The molecule has 1 fully saturated rings. The highest BCUT2D eigenvalue weighted by atomic mass is 19.1. The highest BCUT2D eigenvalue weighted by Gasteiger charge is 2.30. The molecule has 1 aliphatic heterocycles. The molecule has 0 N–H and O–H groups in total. The van der Waals surface area contributed by atoms with Crippen LogP contribution in [0, 0.1) is 12.7 Å². The van der Waals surface area contributed by atoms with Crippen LogP contribution in [0.4, 0.5) is 10.2 Å². The topological polar surface area (TPSA) is 62.5 Å². The largest absolute Gasteiger partial charge is 0.459 e. The molecule has 4 rings (SSSR count). The Bertz CT molecular complexity index is 1100. The number of hydrogen-bond acceptors (Lipinski definition) is 5. The van der Waals surface area contributed by atoms with E-state index >= 15 is 0 Å². The molecular weight excluding hydrogens is 407 g/mol. The Balaban J connectivity index is 1.65. The molecule has 3 aromatic rings. The summed E-state index contributed by atoms with van der Waals surface area (Å²) in [5.74, 6) is 1.54. The van der Waals surface area contributed by atoms with Crippen molar-refractivity contribution in [2.75, 3.05) is 31.1 Å². The summed E-state index contributed by atoms with van der Waals surface area (Å²) in [6.07, 6.45) is 1.93. The second-order valence-corrected chi connectivity index (χ2v) is 9.20. The number of piperazine rings is 1. The molecule has 2 aromatic heterocycles. The summed E-state index contributed by atoms with van der Waals surface area (Å²) in [5, 5.41) is 0. The van der Waals surface area contributed by atoms with Crippen molar-refractivity contribution in [1.29, 1.82) is 0 Å². The molecular formula is C25H29FN4O2. The predicted octanol–water partition coefficient (Wildman–Crippen LogP) is 4.37. The number of anilines is 1. The number of aryl methyl sites for hydroxylation is 1. The summed E-state index contributed by atoms with van der Waals surface area (Å²) in [5.41, 5.74) is 2.27. The van der Waals surface area contributed by atoms with E-state index in [1.807, 2.05) is 19.1 Å². The van der Waals surface area contributed by atoms with Crippen LogP contribution in [0.1, 0.15) is 54.0 Å². The van der Waals surface area contributed by atoms with Gasteiger partial charge >= 0.3 is 0 Å². The van der Waals surface area contributed by atoms with Gasteiger partial charge in [-0.15, -0.1) is 0 Å². The van der Waals surface area contributed by atoms with Gasteiger partial charge in [-0.1, -0.05) is 39.0 Å². The predicted molar refractivity (Wildman–Crippen MR) is 121 cm³/mol. The monoisotopic (exact) mass is 436 g/mol. The smallest absolute Gasteiger partial charge is 0.289 e. The van der Waals surface area contributed by atoms with Crippen LogP contribution in [0.25, 0.3) is 0 Å². The molecule has 0 radical (unpaired) electrons. The third-order valence-electron chi connectivity index (χ3n) is 5.73. The summed E-state index contributed by atoms with van der Waals surface area (Å²) in [6.45, 7) is 10.6. The quantitative estimate of drug-likeness (QED) is 0.608. The van der Waals surface area contributed by atoms with Gasteiger partial charge in [0.1, 0.15) is 17.5 Å². The zero-order chi connectivity index (χ0) is 22.9. The average Bonchev–Trinajstić information content (AvgIpc) is 3.30. The molecule has 1 aromatic carbocycles. The molecule has 6 nitrogen and oxygen atoms in total. The van der Waals surface area contributed by atoms with Gasteiger partial charge in [0.15, 0.2) is 5.76 Å². The number of hydrogen-bond donors (Lipinski definition) is 0. The minimum Gasteiger partial charge on any atom is -0.459 e. The molecule has 32 heavy (non-hydrogen) atoms. The minimum atomic E-state index is -0.229. The van der Waals surface area contributed by atoms with E-state index in [4.69, 9.17) is 14.4 Å². The van der Waals surface area contributed by atoms with Crippen LogP contribution in [0.3, 0.4) is 0 Å². The van der Waals surface area contributed by atoms with Crippen LogP contribution in [-0.4, -0.2) is 47.0 Å². The molecule has 7 heteroatoms. The van der Waals surface area contributed by atoms with Gasteiger partial charge in [0.25, 0.3) is 5.91 Å². The van der Waals surface area contributed by atoms with Gasteiger partial charge < -0.3 is 14.2 Å². The van der Waals surface area contributed by atoms with Gasteiger partial charge in [0.05, 0.1) is 12.0 Å². The van der Waals surface area contributed by atoms with E-state index in [-0.39, 0.29) is 17.1 Å². The molecule has 1 saturated heterocycles. The van der Waals surface area contributed by atoms with Crippen LogP contribution in [0.15, 0.2) is 47.1 Å². The van der Waals surface area contributed by atoms with Crippen molar-refractivity contribution >= 4 is 11.7 Å². The van der Waals surface area contributed by atoms with Gasteiger partial charge in [-0.25, -0.2) is 14.4 Å². The van der Waals surface area contributed by atoms with E-state index in [0.717, 1.165) is 17.1 Å². The second kappa shape index (κ2) is 8.73. The number of nitrogens with zero attached hydrogens (tertiary/aromatic N) is 4. The maximum atomic E-state index is 14.5. The molecule has 0 aliphatic carbocycles. The number of amides is 1. The highest BCUT2D eigenvalue weighted by molar-refractivity contribution is 5.91. The Morgan fingerprint density at radius 1 is 1.06 bits per heavy atom. The number of rotatable bonds is 4. The summed E-state index contributed by atoms with van der Waals surface area (Å²) in [7, 11) is 0. The van der Waals surface area contributed by atoms with E-state index in [0.29, 0.717) is 49.7 Å². The van der Waals surface area contributed by atoms with Crippen molar-refractivity contribution in [2.45, 2.75) is 39.5 Å². The van der Waals surface area contributed by atoms with E-state index in [2.05, 4.69) is 25.7 Å². The Hall–Kier alpha value is -3.22. The SMILES string of the molecule is Cc1nc(N2CCN(C(=O)c3ccco3)CC2)c(Cc2ccccc2F)c(C(C)(C)C)n1. The molecule has 0 bridgehead atoms. The van der Waals surface area contributed by atoms with Crippen molar-refractivity contribution < 1.29 is 13.6 Å². The van der Waals surface area contributed by atoms with Crippen molar-refractivity contribution in [2.24, 2.45) is 0 Å². The number of aromatic nitrogens is 2. The number of halogens is 1. The van der Waals surface area contributed by atoms with E-state index in [1.165, 1.54) is 12.3 Å². The number of carbonyl (C=O) groups excluding carboxylic acids is 1. The lowest BCUT2D eigenvalue weighted by Crippen LogP contribution is -2.49. The van der Waals surface area contributed by atoms with Crippen LogP contribution >= 0.6 is 0 Å². The summed E-state index contributed by atoms with van der Waals surface area (Å²) in [4.78, 5) is 26.2. The van der Waals surface area contributed by atoms with Gasteiger partial charge in [0.2, 0.25) is 0 Å². The number of carbonyl (C=O) groups is 1. The van der Waals surface area contributed by atoms with Gasteiger partial charge in [-0.2, -0.15) is 0 Å². The van der Waals surface area contributed by atoms with Crippen LogP contribution in [0.2, 0.25) is 0 Å². The fraction of sp³-hybridized carbons (Fsp3) is 0.400. The first-order chi connectivity index (χ1) is 15.2. The first kappa shape index (κ1) is 22.0. The highest BCUT2D eigenvalue weighted by Crippen LogP contribution is 2.33. The standard InChI is InChI=1S/C25H29FN4O2/c1-17-27-22(25(2,3)4)19(16-18-8-5-6-9-20(18)26)23(28-17)29-11-13-30(14-12-29)24(31)21-10-7-15-32-21/h5-10,15H,11-14,16H2,1-4H3. The van der Waals surface area contributed by atoms with Gasteiger partial charge in [0, 0.05) is 43.6 Å². The third kappa shape index (κ3) is 4.52. The molecule has 0 unspecified atom stereocenters. The maximum Gasteiger partial charge on any atom is 0.289 e. The molecule has 3 heterocycles. The molecule has 0 spiro atoms. The molecule has 0 saturated carbocycles. The fourth-order valence-corrected chi connectivity index (χ4v) is 4.14. The summed E-state index contributed by atoms with van der Waals surface area (Å²) >= 11 is 0. The van der Waals surface area contributed by atoms with E-state index in [9.17, 15) is 9.18 Å². The Morgan fingerprint density at radius 2 is 1.78 bits per heavy atom. The number of benzene rings is 1. The minimum absolute atomic E-state index is 0.101. The number of furan rings is 1. The molecule has 0 atom stereocenters. The van der Waals surface area contributed by atoms with Crippen molar-refractivity contribution in [1.82, 2.24) is 14.9 Å². The molecule has 168 valence electrons. The second-order valence-electron chi connectivity index (χ2n) is 9.20. The lowest BCUT2D eigenvalue weighted by molar-refractivity contribution is 0.0714. The summed E-state index contributed by atoms with van der Waals surface area (Å²) < 4.78 is 19.8. The first-order valence-electron chi connectivity index (χ1n) is 10.9. The third-order valence-corrected chi connectivity index (χ3v) is 5.73. The van der Waals surface area contributed by atoms with E-state index < -0.39 is 0 Å². The van der Waals surface area contributed by atoms with Crippen LogP contribution in [0.5, 0.6) is 0 Å². The van der Waals surface area contributed by atoms with Gasteiger partial charge in [-0.3, -0.25) is 4.79 Å². The zero-order valence-corrected chi connectivity index (χ0v) is 19.1. The van der Waals surface area contributed by atoms with Crippen molar-refractivity contribution in [3.63, 3.8) is 0 Å².